The molecule has 0 aliphatic heterocycles. The maximum atomic E-state index is 11.4. The van der Waals surface area contributed by atoms with Gasteiger partial charge in [-0.25, -0.2) is 4.98 Å². The molecular formula is C16H10ClN3O2. The minimum atomic E-state index is 0.335. The van der Waals surface area contributed by atoms with Gasteiger partial charge in [-0.2, -0.15) is 0 Å². The highest BCUT2D eigenvalue weighted by molar-refractivity contribution is 6.34. The van der Waals surface area contributed by atoms with Gasteiger partial charge in [0, 0.05) is 5.69 Å². The molecule has 4 aromatic rings. The number of halogens is 1. The molecule has 0 saturated heterocycles. The summed E-state index contributed by atoms with van der Waals surface area (Å²) in [7, 11) is 0. The van der Waals surface area contributed by atoms with Gasteiger partial charge in [0.25, 0.3) is 5.71 Å². The number of nitrogens with zero attached hydrogens (tertiary/aromatic N) is 3. The van der Waals surface area contributed by atoms with E-state index in [-0.39, 0.29) is 0 Å². The van der Waals surface area contributed by atoms with Crippen molar-refractivity contribution in [2.24, 2.45) is 0 Å². The van der Waals surface area contributed by atoms with Crippen LogP contribution in [0, 0.1) is 6.92 Å². The number of carbonyl (C=O) groups is 1. The molecule has 108 valence electrons. The van der Waals surface area contributed by atoms with Crippen molar-refractivity contribution in [3.8, 4) is 5.69 Å². The molecule has 0 radical (unpaired) electrons. The summed E-state index contributed by atoms with van der Waals surface area (Å²) in [6.07, 6.45) is 0.714. The monoisotopic (exact) mass is 311 g/mol. The summed E-state index contributed by atoms with van der Waals surface area (Å²) in [5, 5.41) is 5.05. The smallest absolute Gasteiger partial charge is 0.258 e. The van der Waals surface area contributed by atoms with Gasteiger partial charge in [-0.3, -0.25) is 9.36 Å². The van der Waals surface area contributed by atoms with Crippen LogP contribution in [0.1, 0.15) is 16.1 Å². The number of aromatic nitrogens is 3. The highest BCUT2D eigenvalue weighted by atomic mass is 35.5. The van der Waals surface area contributed by atoms with Gasteiger partial charge in [0.15, 0.2) is 6.29 Å². The zero-order chi connectivity index (χ0) is 15.3. The quantitative estimate of drug-likeness (QED) is 0.526. The van der Waals surface area contributed by atoms with Crippen LogP contribution in [-0.2, 0) is 0 Å². The van der Waals surface area contributed by atoms with Crippen LogP contribution in [0.3, 0.4) is 0 Å². The Morgan fingerprint density at radius 1 is 1.27 bits per heavy atom. The van der Waals surface area contributed by atoms with Crippen molar-refractivity contribution < 1.29 is 9.32 Å². The maximum Gasteiger partial charge on any atom is 0.258 e. The third-order valence-corrected chi connectivity index (χ3v) is 4.05. The van der Waals surface area contributed by atoms with Gasteiger partial charge in [-0.15, -0.1) is 0 Å². The average Bonchev–Trinajstić information content (AvgIpc) is 3.03. The number of para-hydroxylation sites is 1. The summed E-state index contributed by atoms with van der Waals surface area (Å²) in [6.45, 7) is 1.84. The fourth-order valence-corrected chi connectivity index (χ4v) is 2.92. The van der Waals surface area contributed by atoms with E-state index in [1.807, 2.05) is 43.3 Å². The molecule has 0 unspecified atom stereocenters. The molecule has 0 aliphatic carbocycles. The van der Waals surface area contributed by atoms with Gasteiger partial charge >= 0.3 is 0 Å². The lowest BCUT2D eigenvalue weighted by Crippen LogP contribution is -1.93. The summed E-state index contributed by atoms with van der Waals surface area (Å²) >= 11 is 6.41. The summed E-state index contributed by atoms with van der Waals surface area (Å²) in [5.41, 5.74) is 3.60. The first kappa shape index (κ1) is 13.0. The molecule has 0 amide bonds. The molecule has 6 heteroatoms. The molecule has 0 spiro atoms. The first-order valence-electron chi connectivity index (χ1n) is 6.68. The van der Waals surface area contributed by atoms with E-state index in [0.29, 0.717) is 28.2 Å². The molecule has 0 fully saturated rings. The lowest BCUT2D eigenvalue weighted by Gasteiger charge is -2.06. The van der Waals surface area contributed by atoms with Gasteiger partial charge in [-0.1, -0.05) is 35.0 Å². The van der Waals surface area contributed by atoms with E-state index in [1.54, 1.807) is 4.57 Å². The van der Waals surface area contributed by atoms with Crippen LogP contribution in [0.2, 0.25) is 5.15 Å². The zero-order valence-corrected chi connectivity index (χ0v) is 12.3. The lowest BCUT2D eigenvalue weighted by molar-refractivity contribution is 0.112. The molecule has 1 aromatic carbocycles. The second-order valence-corrected chi connectivity index (χ2v) is 5.33. The lowest BCUT2D eigenvalue weighted by atomic mass is 10.2. The second kappa shape index (κ2) is 4.68. The van der Waals surface area contributed by atoms with Crippen molar-refractivity contribution in [3.63, 3.8) is 0 Å². The Balaban J connectivity index is 2.19. The normalized spacial score (nSPS) is 11.4. The van der Waals surface area contributed by atoms with Crippen LogP contribution >= 0.6 is 11.6 Å². The van der Waals surface area contributed by atoms with E-state index in [0.717, 1.165) is 22.3 Å². The molecule has 0 bridgehead atoms. The predicted octanol–water partition coefficient (Wildman–Crippen LogP) is 3.94. The minimum absolute atomic E-state index is 0.335. The molecule has 0 aliphatic rings. The van der Waals surface area contributed by atoms with Crippen molar-refractivity contribution >= 4 is 40.0 Å². The van der Waals surface area contributed by atoms with Gasteiger partial charge in [0.05, 0.1) is 22.2 Å². The van der Waals surface area contributed by atoms with Gasteiger partial charge < -0.3 is 4.52 Å². The van der Waals surface area contributed by atoms with Crippen molar-refractivity contribution in [2.75, 3.05) is 0 Å². The highest BCUT2D eigenvalue weighted by Gasteiger charge is 2.20. The van der Waals surface area contributed by atoms with E-state index >= 15 is 0 Å². The molecule has 3 heterocycles. The Bertz CT molecular complexity index is 1020. The molecular weight excluding hydrogens is 302 g/mol. The van der Waals surface area contributed by atoms with Crippen LogP contribution in [-0.4, -0.2) is 21.0 Å². The van der Waals surface area contributed by atoms with Crippen molar-refractivity contribution in [1.29, 1.82) is 0 Å². The summed E-state index contributed by atoms with van der Waals surface area (Å²) < 4.78 is 6.99. The molecule has 22 heavy (non-hydrogen) atoms. The zero-order valence-electron chi connectivity index (χ0n) is 11.6. The average molecular weight is 312 g/mol. The van der Waals surface area contributed by atoms with Crippen LogP contribution in [0.5, 0.6) is 0 Å². The maximum absolute atomic E-state index is 11.4. The van der Waals surface area contributed by atoms with E-state index in [2.05, 4.69) is 10.1 Å². The molecule has 0 saturated carbocycles. The van der Waals surface area contributed by atoms with E-state index in [1.165, 1.54) is 0 Å². The van der Waals surface area contributed by atoms with Crippen LogP contribution in [0.25, 0.3) is 27.8 Å². The first-order valence-corrected chi connectivity index (χ1v) is 7.06. The summed E-state index contributed by atoms with van der Waals surface area (Å²) in [5.74, 6) is 0. The number of aryl methyl sites for hydroxylation is 1. The van der Waals surface area contributed by atoms with E-state index < -0.39 is 0 Å². The van der Waals surface area contributed by atoms with Crippen molar-refractivity contribution in [2.45, 2.75) is 6.92 Å². The number of pyridine rings is 1. The standard InChI is InChI=1S/C16H10ClN3O2/c1-9-11-7-13-14(18-16(11)22-19-9)12(8-21)15(17)20(13)10-5-3-2-4-6-10/h2-8H,1H3. The largest absolute Gasteiger partial charge is 0.336 e. The van der Waals surface area contributed by atoms with Crippen molar-refractivity contribution in [1.82, 2.24) is 14.7 Å². The molecule has 0 atom stereocenters. The molecule has 3 aromatic heterocycles. The predicted molar refractivity (Wildman–Crippen MR) is 83.8 cm³/mol. The fraction of sp³-hybridized carbons (Fsp3) is 0.0625. The number of carbonyl (C=O) groups excluding carboxylic acids is 1. The Morgan fingerprint density at radius 2 is 2.05 bits per heavy atom. The third-order valence-electron chi connectivity index (χ3n) is 3.67. The highest BCUT2D eigenvalue weighted by Crippen LogP contribution is 2.33. The summed E-state index contributed by atoms with van der Waals surface area (Å²) in [6, 6.07) is 11.5. The number of fused-ring (bicyclic) bond motifs is 2. The molecule has 5 nitrogen and oxygen atoms in total. The van der Waals surface area contributed by atoms with Crippen molar-refractivity contribution in [3.05, 3.63) is 52.8 Å². The van der Waals surface area contributed by atoms with Gasteiger partial charge in [-0.05, 0) is 25.1 Å². The third kappa shape index (κ3) is 1.69. The Kier molecular flexibility index (Phi) is 2.77. The van der Waals surface area contributed by atoms with Gasteiger partial charge in [0.2, 0.25) is 0 Å². The molecule has 0 N–H and O–H groups in total. The van der Waals surface area contributed by atoms with Crippen LogP contribution in [0.15, 0.2) is 40.9 Å². The van der Waals surface area contributed by atoms with Crippen LogP contribution < -0.4 is 0 Å². The van der Waals surface area contributed by atoms with Crippen LogP contribution in [0.4, 0.5) is 0 Å². The first-order chi connectivity index (χ1) is 10.7. The number of rotatable bonds is 2. The Labute approximate surface area is 130 Å². The number of aldehydes is 1. The molecule has 4 rings (SSSR count). The van der Waals surface area contributed by atoms with Gasteiger partial charge in [0.1, 0.15) is 10.7 Å². The fourth-order valence-electron chi connectivity index (χ4n) is 2.60. The van der Waals surface area contributed by atoms with E-state index in [9.17, 15) is 4.79 Å². The SMILES string of the molecule is Cc1noc2nc3c(C=O)c(Cl)n(-c4ccccc4)c3cc12. The Hall–Kier alpha value is -2.66. The number of benzene rings is 1. The number of hydrogen-bond acceptors (Lipinski definition) is 4. The van der Waals surface area contributed by atoms with E-state index in [4.69, 9.17) is 16.1 Å². The summed E-state index contributed by atoms with van der Waals surface area (Å²) in [4.78, 5) is 15.9. The topological polar surface area (TPSA) is 60.9 Å². The number of hydrogen-bond donors (Lipinski definition) is 0. The Morgan fingerprint density at radius 3 is 2.77 bits per heavy atom. The second-order valence-electron chi connectivity index (χ2n) is 4.97. The minimum Gasteiger partial charge on any atom is -0.336 e.